The lowest BCUT2D eigenvalue weighted by Crippen LogP contribution is -2.51. The molecule has 1 aliphatic rings. The first kappa shape index (κ1) is 13.9. The van der Waals surface area contributed by atoms with Crippen LogP contribution >= 0.6 is 15.9 Å². The predicted molar refractivity (Wildman–Crippen MR) is 79.8 cm³/mol. The Morgan fingerprint density at radius 1 is 1.33 bits per heavy atom. The fourth-order valence-corrected chi connectivity index (χ4v) is 3.38. The minimum atomic E-state index is -0.179. The van der Waals surface area contributed by atoms with E-state index < -0.39 is 0 Å². The van der Waals surface area contributed by atoms with Crippen LogP contribution in [0.4, 0.5) is 5.69 Å². The van der Waals surface area contributed by atoms with Gasteiger partial charge in [0.1, 0.15) is 0 Å². The number of anilines is 1. The van der Waals surface area contributed by atoms with Crippen molar-refractivity contribution in [1.29, 1.82) is 0 Å². The molecule has 0 saturated heterocycles. The lowest BCUT2D eigenvalue weighted by Gasteiger charge is -2.45. The standard InChI is InChI=1S/C15H22BrNO/c1-11-7-8-12(2)15(9-11,10-18)17-14-6-4-3-5-13(14)16/h3-6,11-12,17-18H,7-10H2,1-2H3. The average Bonchev–Trinajstić information content (AvgIpc) is 2.36. The summed E-state index contributed by atoms with van der Waals surface area (Å²) in [6, 6.07) is 8.13. The number of rotatable bonds is 3. The van der Waals surface area contributed by atoms with Crippen molar-refractivity contribution in [3.8, 4) is 0 Å². The van der Waals surface area contributed by atoms with Crippen LogP contribution in [0.5, 0.6) is 0 Å². The van der Waals surface area contributed by atoms with Gasteiger partial charge in [-0.2, -0.15) is 0 Å². The van der Waals surface area contributed by atoms with E-state index in [1.807, 2.05) is 18.2 Å². The number of hydrogen-bond donors (Lipinski definition) is 2. The van der Waals surface area contributed by atoms with Crippen LogP contribution < -0.4 is 5.32 Å². The Labute approximate surface area is 118 Å². The zero-order chi connectivity index (χ0) is 13.2. The van der Waals surface area contributed by atoms with Gasteiger partial charge in [0.2, 0.25) is 0 Å². The second kappa shape index (κ2) is 5.62. The normalized spacial score (nSPS) is 32.2. The molecule has 1 fully saturated rings. The quantitative estimate of drug-likeness (QED) is 0.882. The van der Waals surface area contributed by atoms with E-state index in [2.05, 4.69) is 41.2 Å². The fraction of sp³-hybridized carbons (Fsp3) is 0.600. The largest absolute Gasteiger partial charge is 0.394 e. The maximum atomic E-state index is 9.90. The first-order valence-corrected chi connectivity index (χ1v) is 7.50. The molecule has 2 nitrogen and oxygen atoms in total. The minimum Gasteiger partial charge on any atom is -0.394 e. The molecule has 18 heavy (non-hydrogen) atoms. The maximum Gasteiger partial charge on any atom is 0.0664 e. The van der Waals surface area contributed by atoms with Crippen molar-refractivity contribution in [3.63, 3.8) is 0 Å². The monoisotopic (exact) mass is 311 g/mol. The Morgan fingerprint density at radius 2 is 2.06 bits per heavy atom. The van der Waals surface area contributed by atoms with Crippen LogP contribution in [0.2, 0.25) is 0 Å². The Morgan fingerprint density at radius 3 is 2.72 bits per heavy atom. The van der Waals surface area contributed by atoms with Crippen LogP contribution in [0.1, 0.15) is 33.1 Å². The highest BCUT2D eigenvalue weighted by molar-refractivity contribution is 9.10. The summed E-state index contributed by atoms with van der Waals surface area (Å²) in [4.78, 5) is 0. The highest BCUT2D eigenvalue weighted by Gasteiger charge is 2.40. The van der Waals surface area contributed by atoms with Gasteiger partial charge in [-0.05, 0) is 52.7 Å². The molecule has 100 valence electrons. The van der Waals surface area contributed by atoms with E-state index in [1.165, 1.54) is 12.8 Å². The van der Waals surface area contributed by atoms with Crippen LogP contribution in [-0.2, 0) is 0 Å². The second-order valence-corrected chi connectivity index (χ2v) is 6.56. The van der Waals surface area contributed by atoms with Gasteiger partial charge < -0.3 is 10.4 Å². The summed E-state index contributed by atoms with van der Waals surface area (Å²) in [5.74, 6) is 1.16. The third kappa shape index (κ3) is 2.72. The lowest BCUT2D eigenvalue weighted by molar-refractivity contribution is 0.103. The molecule has 1 aromatic rings. The summed E-state index contributed by atoms with van der Waals surface area (Å²) in [5, 5.41) is 13.5. The van der Waals surface area contributed by atoms with Gasteiger partial charge in [-0.3, -0.25) is 0 Å². The molecule has 0 radical (unpaired) electrons. The molecule has 0 aliphatic heterocycles. The zero-order valence-corrected chi connectivity index (χ0v) is 12.7. The molecule has 2 N–H and O–H groups in total. The van der Waals surface area contributed by atoms with Crippen molar-refractivity contribution >= 4 is 21.6 Å². The number of benzene rings is 1. The SMILES string of the molecule is CC1CCC(C)C(CO)(Nc2ccccc2Br)C1. The van der Waals surface area contributed by atoms with Gasteiger partial charge in [0.05, 0.1) is 12.1 Å². The zero-order valence-electron chi connectivity index (χ0n) is 11.1. The Hall–Kier alpha value is -0.540. The van der Waals surface area contributed by atoms with E-state index in [4.69, 9.17) is 0 Å². The van der Waals surface area contributed by atoms with Crippen LogP contribution in [0, 0.1) is 11.8 Å². The molecule has 0 amide bonds. The second-order valence-electron chi connectivity index (χ2n) is 5.71. The van der Waals surface area contributed by atoms with Crippen molar-refractivity contribution in [2.75, 3.05) is 11.9 Å². The highest BCUT2D eigenvalue weighted by atomic mass is 79.9. The minimum absolute atomic E-state index is 0.179. The van der Waals surface area contributed by atoms with Gasteiger partial charge in [0.15, 0.2) is 0 Å². The molecule has 1 aromatic carbocycles. The van der Waals surface area contributed by atoms with E-state index in [9.17, 15) is 5.11 Å². The van der Waals surface area contributed by atoms with Crippen molar-refractivity contribution in [2.45, 2.75) is 38.6 Å². The van der Waals surface area contributed by atoms with Gasteiger partial charge in [-0.1, -0.05) is 32.4 Å². The van der Waals surface area contributed by atoms with Crippen molar-refractivity contribution in [3.05, 3.63) is 28.7 Å². The first-order chi connectivity index (χ1) is 8.57. The molecular weight excluding hydrogens is 290 g/mol. The number of aliphatic hydroxyl groups is 1. The molecule has 1 saturated carbocycles. The summed E-state index contributed by atoms with van der Waals surface area (Å²) in [6.07, 6.45) is 3.48. The van der Waals surface area contributed by atoms with Gasteiger partial charge in [0, 0.05) is 10.2 Å². The molecule has 3 unspecified atom stereocenters. The summed E-state index contributed by atoms with van der Waals surface area (Å²) in [5.41, 5.74) is 0.897. The molecule has 0 bridgehead atoms. The molecule has 0 aromatic heterocycles. The fourth-order valence-electron chi connectivity index (χ4n) is 3.00. The first-order valence-electron chi connectivity index (χ1n) is 6.71. The summed E-state index contributed by atoms with van der Waals surface area (Å²) in [6.45, 7) is 4.71. The summed E-state index contributed by atoms with van der Waals surface area (Å²) >= 11 is 3.57. The van der Waals surface area contributed by atoms with Crippen molar-refractivity contribution < 1.29 is 5.11 Å². The van der Waals surface area contributed by atoms with Gasteiger partial charge >= 0.3 is 0 Å². The van der Waals surface area contributed by atoms with Crippen LogP contribution in [0.25, 0.3) is 0 Å². The summed E-state index contributed by atoms with van der Waals surface area (Å²) in [7, 11) is 0. The number of halogens is 1. The molecule has 0 heterocycles. The molecule has 2 rings (SSSR count). The topological polar surface area (TPSA) is 32.3 Å². The molecule has 3 atom stereocenters. The van der Waals surface area contributed by atoms with E-state index in [0.717, 1.165) is 16.6 Å². The van der Waals surface area contributed by atoms with Gasteiger partial charge in [0.25, 0.3) is 0 Å². The smallest absolute Gasteiger partial charge is 0.0664 e. The lowest BCUT2D eigenvalue weighted by atomic mass is 9.70. The maximum absolute atomic E-state index is 9.90. The number of para-hydroxylation sites is 1. The third-order valence-corrected chi connectivity index (χ3v) is 4.98. The van der Waals surface area contributed by atoms with Crippen LogP contribution in [-0.4, -0.2) is 17.3 Å². The van der Waals surface area contributed by atoms with E-state index in [0.29, 0.717) is 11.8 Å². The van der Waals surface area contributed by atoms with E-state index in [-0.39, 0.29) is 12.1 Å². The van der Waals surface area contributed by atoms with Crippen LogP contribution in [0.3, 0.4) is 0 Å². The highest BCUT2D eigenvalue weighted by Crippen LogP contribution is 2.40. The molecule has 3 heteroatoms. The van der Waals surface area contributed by atoms with Crippen molar-refractivity contribution in [1.82, 2.24) is 0 Å². The predicted octanol–water partition coefficient (Wildman–Crippen LogP) is 4.05. The number of nitrogens with one attached hydrogen (secondary N) is 1. The van der Waals surface area contributed by atoms with Crippen LogP contribution in [0.15, 0.2) is 28.7 Å². The molecular formula is C15H22BrNO. The van der Waals surface area contributed by atoms with Crippen molar-refractivity contribution in [2.24, 2.45) is 11.8 Å². The van der Waals surface area contributed by atoms with E-state index >= 15 is 0 Å². The summed E-state index contributed by atoms with van der Waals surface area (Å²) < 4.78 is 1.06. The average molecular weight is 312 g/mol. The van der Waals surface area contributed by atoms with Gasteiger partial charge in [-0.25, -0.2) is 0 Å². The molecule has 1 aliphatic carbocycles. The third-order valence-electron chi connectivity index (χ3n) is 4.29. The number of aliphatic hydroxyl groups excluding tert-OH is 1. The van der Waals surface area contributed by atoms with Gasteiger partial charge in [-0.15, -0.1) is 0 Å². The van der Waals surface area contributed by atoms with E-state index in [1.54, 1.807) is 0 Å². The molecule has 0 spiro atoms. The Balaban J connectivity index is 2.24. The number of hydrogen-bond acceptors (Lipinski definition) is 2. The Bertz CT molecular complexity index is 409. The Kier molecular flexibility index (Phi) is 4.33.